The van der Waals surface area contributed by atoms with E-state index in [1.54, 1.807) is 35.3 Å². The molecule has 2 heterocycles. The zero-order chi connectivity index (χ0) is 22.3. The van der Waals surface area contributed by atoms with Crippen LogP contribution in [0.1, 0.15) is 5.56 Å². The highest BCUT2D eigenvalue weighted by molar-refractivity contribution is 14.0. The number of carbonyl (C=O) groups excluding carboxylic acids is 1. The van der Waals surface area contributed by atoms with Gasteiger partial charge in [-0.2, -0.15) is 5.10 Å². The van der Waals surface area contributed by atoms with Crippen LogP contribution < -0.4 is 16.0 Å². The fourth-order valence-electron chi connectivity index (χ4n) is 3.61. The Morgan fingerprint density at radius 2 is 1.85 bits per heavy atom. The summed E-state index contributed by atoms with van der Waals surface area (Å²) in [5.74, 6) is 0.120. The molecule has 0 unspecified atom stereocenters. The van der Waals surface area contributed by atoms with E-state index in [0.29, 0.717) is 18.2 Å². The summed E-state index contributed by atoms with van der Waals surface area (Å²) < 4.78 is 14.7. The van der Waals surface area contributed by atoms with Crippen LogP contribution in [0.2, 0.25) is 0 Å². The van der Waals surface area contributed by atoms with E-state index in [1.807, 2.05) is 24.3 Å². The first-order valence-corrected chi connectivity index (χ1v) is 10.5. The van der Waals surface area contributed by atoms with E-state index >= 15 is 0 Å². The van der Waals surface area contributed by atoms with Gasteiger partial charge in [0.1, 0.15) is 12.4 Å². The fourth-order valence-corrected chi connectivity index (χ4v) is 3.61. The van der Waals surface area contributed by atoms with Crippen molar-refractivity contribution in [1.82, 2.24) is 14.7 Å². The molecule has 3 aromatic rings. The van der Waals surface area contributed by atoms with Gasteiger partial charge in [0.2, 0.25) is 5.91 Å². The molecule has 0 aliphatic carbocycles. The van der Waals surface area contributed by atoms with Crippen molar-refractivity contribution in [3.8, 4) is 0 Å². The Morgan fingerprint density at radius 1 is 1.09 bits per heavy atom. The minimum Gasteiger partial charge on any atom is -0.370 e. The molecule has 8 nitrogen and oxygen atoms in total. The molecule has 0 atom stereocenters. The van der Waals surface area contributed by atoms with Gasteiger partial charge in [-0.1, -0.05) is 12.1 Å². The summed E-state index contributed by atoms with van der Waals surface area (Å²) in [6, 6.07) is 15.9. The summed E-state index contributed by atoms with van der Waals surface area (Å²) in [5, 5.41) is 6.91. The number of hydrogen-bond acceptors (Lipinski definition) is 4. The molecule has 33 heavy (non-hydrogen) atoms. The Bertz CT molecular complexity index is 1060. The standard InChI is InChI=1S/C23H26FN7O.HI/c24-19-5-7-21(8-6-19)29-11-13-30(14-12-29)23(25)26-16-18-3-1-4-20(15-18)28-22(32)17-31-10-2-9-27-31;/h1-10,15H,11-14,16-17H2,(H2,25,26)(H,28,32);1H. The summed E-state index contributed by atoms with van der Waals surface area (Å²) >= 11 is 0. The van der Waals surface area contributed by atoms with E-state index in [1.165, 1.54) is 12.1 Å². The lowest BCUT2D eigenvalue weighted by molar-refractivity contribution is -0.116. The lowest BCUT2D eigenvalue weighted by atomic mass is 10.2. The number of benzene rings is 2. The molecule has 10 heteroatoms. The molecule has 1 aliphatic heterocycles. The molecule has 2 aromatic carbocycles. The Kier molecular flexibility index (Phi) is 8.64. The third kappa shape index (κ3) is 6.91. The van der Waals surface area contributed by atoms with Gasteiger partial charge in [-0.25, -0.2) is 9.38 Å². The van der Waals surface area contributed by atoms with Gasteiger partial charge in [-0.15, -0.1) is 24.0 Å². The summed E-state index contributed by atoms with van der Waals surface area (Å²) in [6.45, 7) is 3.66. The van der Waals surface area contributed by atoms with E-state index in [4.69, 9.17) is 5.73 Å². The Morgan fingerprint density at radius 3 is 2.55 bits per heavy atom. The van der Waals surface area contributed by atoms with Crippen molar-refractivity contribution in [3.05, 3.63) is 78.4 Å². The van der Waals surface area contributed by atoms with Crippen molar-refractivity contribution in [1.29, 1.82) is 0 Å². The van der Waals surface area contributed by atoms with Crippen molar-refractivity contribution >= 4 is 47.2 Å². The first-order valence-electron chi connectivity index (χ1n) is 10.5. The fraction of sp³-hybridized carbons (Fsp3) is 0.261. The van der Waals surface area contributed by atoms with Crippen LogP contribution in [0.5, 0.6) is 0 Å². The van der Waals surface area contributed by atoms with Crippen LogP contribution in [0, 0.1) is 5.82 Å². The third-order valence-electron chi connectivity index (χ3n) is 5.29. The maximum absolute atomic E-state index is 13.1. The maximum Gasteiger partial charge on any atom is 0.246 e. The second kappa shape index (κ2) is 11.6. The predicted octanol–water partition coefficient (Wildman–Crippen LogP) is 2.92. The van der Waals surface area contributed by atoms with Crippen molar-refractivity contribution in [3.63, 3.8) is 0 Å². The number of guanidine groups is 1. The monoisotopic (exact) mass is 563 g/mol. The van der Waals surface area contributed by atoms with Gasteiger partial charge in [-0.05, 0) is 48.0 Å². The molecule has 4 rings (SSSR count). The highest BCUT2D eigenvalue weighted by Crippen LogP contribution is 2.17. The summed E-state index contributed by atoms with van der Waals surface area (Å²) in [6.07, 6.45) is 3.38. The number of aromatic nitrogens is 2. The minimum atomic E-state index is -0.231. The van der Waals surface area contributed by atoms with Crippen LogP contribution in [-0.4, -0.2) is 52.7 Å². The SMILES string of the molecule is I.NC(=NCc1cccc(NC(=O)Cn2cccn2)c1)N1CCN(c2ccc(F)cc2)CC1. The van der Waals surface area contributed by atoms with E-state index in [2.05, 4.69) is 25.2 Å². The molecule has 1 aromatic heterocycles. The second-order valence-corrected chi connectivity index (χ2v) is 7.58. The molecular weight excluding hydrogens is 536 g/mol. The van der Waals surface area contributed by atoms with Crippen molar-refractivity contribution in [2.24, 2.45) is 10.7 Å². The van der Waals surface area contributed by atoms with Crippen LogP contribution in [-0.2, 0) is 17.9 Å². The average Bonchev–Trinajstić information content (AvgIpc) is 3.31. The predicted molar refractivity (Wildman–Crippen MR) is 138 cm³/mol. The van der Waals surface area contributed by atoms with Crippen molar-refractivity contribution in [2.75, 3.05) is 36.4 Å². The number of nitrogens with zero attached hydrogens (tertiary/aromatic N) is 5. The first kappa shape index (κ1) is 24.5. The number of nitrogens with one attached hydrogen (secondary N) is 1. The number of carbonyl (C=O) groups is 1. The smallest absolute Gasteiger partial charge is 0.246 e. The number of hydrogen-bond donors (Lipinski definition) is 2. The number of amides is 1. The molecule has 1 aliphatic rings. The number of piperazine rings is 1. The number of aliphatic imine (C=N–C) groups is 1. The van der Waals surface area contributed by atoms with E-state index in [0.717, 1.165) is 37.4 Å². The van der Waals surface area contributed by atoms with Gasteiger partial charge in [0, 0.05) is 49.9 Å². The molecule has 3 N–H and O–H groups in total. The number of rotatable bonds is 6. The lowest BCUT2D eigenvalue weighted by Crippen LogP contribution is -2.51. The molecule has 1 fully saturated rings. The minimum absolute atomic E-state index is 0. The molecule has 0 radical (unpaired) electrons. The molecule has 174 valence electrons. The Hall–Kier alpha value is -3.15. The van der Waals surface area contributed by atoms with Crippen molar-refractivity contribution < 1.29 is 9.18 Å². The highest BCUT2D eigenvalue weighted by atomic mass is 127. The zero-order valence-corrected chi connectivity index (χ0v) is 20.4. The molecule has 1 amide bonds. The van der Waals surface area contributed by atoms with Crippen molar-refractivity contribution in [2.45, 2.75) is 13.1 Å². The largest absolute Gasteiger partial charge is 0.370 e. The van der Waals surface area contributed by atoms with Crippen LogP contribution in [0.4, 0.5) is 15.8 Å². The zero-order valence-electron chi connectivity index (χ0n) is 18.1. The average molecular weight is 563 g/mol. The van der Waals surface area contributed by atoms with Gasteiger partial charge in [0.05, 0.1) is 6.54 Å². The molecular formula is C23H27FIN7O. The van der Waals surface area contributed by atoms with Crippen LogP contribution in [0.25, 0.3) is 0 Å². The van der Waals surface area contributed by atoms with E-state index in [-0.39, 0.29) is 42.2 Å². The molecule has 0 bridgehead atoms. The summed E-state index contributed by atoms with van der Waals surface area (Å²) in [7, 11) is 0. The first-order chi connectivity index (χ1) is 15.6. The number of nitrogens with two attached hydrogens (primary N) is 1. The molecule has 0 saturated carbocycles. The third-order valence-corrected chi connectivity index (χ3v) is 5.29. The van der Waals surface area contributed by atoms with Gasteiger partial charge in [0.15, 0.2) is 5.96 Å². The maximum atomic E-state index is 13.1. The summed E-state index contributed by atoms with van der Waals surface area (Å²) in [4.78, 5) is 21.0. The van der Waals surface area contributed by atoms with Gasteiger partial charge in [0.25, 0.3) is 0 Å². The number of halogens is 2. The topological polar surface area (TPSA) is 91.8 Å². The van der Waals surface area contributed by atoms with Gasteiger partial charge >= 0.3 is 0 Å². The lowest BCUT2D eigenvalue weighted by Gasteiger charge is -2.36. The van der Waals surface area contributed by atoms with Gasteiger partial charge in [-0.3, -0.25) is 9.48 Å². The van der Waals surface area contributed by atoms with E-state index < -0.39 is 0 Å². The Labute approximate surface area is 209 Å². The highest BCUT2D eigenvalue weighted by Gasteiger charge is 2.18. The van der Waals surface area contributed by atoms with Crippen LogP contribution >= 0.6 is 24.0 Å². The molecule has 1 saturated heterocycles. The quantitative estimate of drug-likeness (QED) is 0.274. The number of anilines is 2. The van der Waals surface area contributed by atoms with Gasteiger partial charge < -0.3 is 20.9 Å². The van der Waals surface area contributed by atoms with E-state index in [9.17, 15) is 9.18 Å². The second-order valence-electron chi connectivity index (χ2n) is 7.58. The normalized spacial score (nSPS) is 14.0. The van der Waals surface area contributed by atoms with Crippen LogP contribution in [0.15, 0.2) is 72.0 Å². The van der Waals surface area contributed by atoms with Crippen LogP contribution in [0.3, 0.4) is 0 Å². The Balaban J connectivity index is 0.00000306. The molecule has 0 spiro atoms. The summed E-state index contributed by atoms with van der Waals surface area (Å²) in [5.41, 5.74) is 8.89.